The predicted molar refractivity (Wildman–Crippen MR) is 74.2 cm³/mol. The van der Waals surface area contributed by atoms with Crippen LogP contribution < -0.4 is 0 Å². The van der Waals surface area contributed by atoms with Crippen molar-refractivity contribution in [3.05, 3.63) is 0 Å². The highest BCUT2D eigenvalue weighted by atomic mass is 16.5. The molecule has 0 aromatic rings. The Labute approximate surface area is 116 Å². The molecule has 0 unspecified atom stereocenters. The molecule has 4 nitrogen and oxygen atoms in total. The Balaban J connectivity index is 1.86. The first kappa shape index (κ1) is 14.8. The topological polar surface area (TPSA) is 49.8 Å². The standard InChI is InChI=1S/C15H27NO3/c1-12-4-6-13(7-5-12)16(9-8-15(17)18)11-14-3-2-10-19-14/h12-14H,2-11H2,1H3,(H,17,18)/t12?,13?,14-/m0/s1. The van der Waals surface area contributed by atoms with Gasteiger partial charge in [0.2, 0.25) is 0 Å². The second-order valence-corrected chi connectivity index (χ2v) is 6.19. The molecule has 2 rings (SSSR count). The number of ether oxygens (including phenoxy) is 1. The van der Waals surface area contributed by atoms with Crippen LogP contribution in [0.5, 0.6) is 0 Å². The summed E-state index contributed by atoms with van der Waals surface area (Å²) >= 11 is 0. The van der Waals surface area contributed by atoms with Gasteiger partial charge >= 0.3 is 5.97 Å². The molecule has 4 heteroatoms. The van der Waals surface area contributed by atoms with Crippen molar-refractivity contribution in [2.45, 2.75) is 64.0 Å². The van der Waals surface area contributed by atoms with Crippen LogP contribution in [0.25, 0.3) is 0 Å². The quantitative estimate of drug-likeness (QED) is 0.805. The van der Waals surface area contributed by atoms with Gasteiger partial charge in [-0.3, -0.25) is 9.69 Å². The predicted octanol–water partition coefficient (Wildman–Crippen LogP) is 2.52. The maximum atomic E-state index is 10.8. The van der Waals surface area contributed by atoms with Crippen LogP contribution in [-0.4, -0.2) is 47.8 Å². The first-order chi connectivity index (χ1) is 9.15. The molecule has 0 bridgehead atoms. The van der Waals surface area contributed by atoms with E-state index in [1.54, 1.807) is 0 Å². The highest BCUT2D eigenvalue weighted by molar-refractivity contribution is 5.66. The van der Waals surface area contributed by atoms with E-state index in [1.807, 2.05) is 0 Å². The Morgan fingerprint density at radius 3 is 2.58 bits per heavy atom. The second kappa shape index (κ2) is 7.25. The molecule has 1 atom stereocenters. The lowest BCUT2D eigenvalue weighted by atomic mass is 9.86. The Bertz CT molecular complexity index is 281. The summed E-state index contributed by atoms with van der Waals surface area (Å²) in [7, 11) is 0. The van der Waals surface area contributed by atoms with Crippen molar-refractivity contribution < 1.29 is 14.6 Å². The molecule has 1 saturated heterocycles. The van der Waals surface area contributed by atoms with E-state index in [-0.39, 0.29) is 6.42 Å². The number of hydrogen-bond donors (Lipinski definition) is 1. The fraction of sp³-hybridized carbons (Fsp3) is 0.933. The van der Waals surface area contributed by atoms with E-state index >= 15 is 0 Å². The van der Waals surface area contributed by atoms with Crippen LogP contribution in [0, 0.1) is 5.92 Å². The normalized spacial score (nSPS) is 31.8. The zero-order valence-electron chi connectivity index (χ0n) is 12.0. The van der Waals surface area contributed by atoms with Crippen LogP contribution in [0.3, 0.4) is 0 Å². The average molecular weight is 269 g/mol. The van der Waals surface area contributed by atoms with Gasteiger partial charge in [-0.15, -0.1) is 0 Å². The maximum absolute atomic E-state index is 10.8. The molecular weight excluding hydrogens is 242 g/mol. The molecular formula is C15H27NO3. The molecule has 19 heavy (non-hydrogen) atoms. The minimum atomic E-state index is -0.693. The Morgan fingerprint density at radius 2 is 2.00 bits per heavy atom. The number of rotatable bonds is 6. The molecule has 110 valence electrons. The van der Waals surface area contributed by atoms with E-state index in [4.69, 9.17) is 9.84 Å². The third-order valence-electron chi connectivity index (χ3n) is 4.58. The second-order valence-electron chi connectivity index (χ2n) is 6.19. The van der Waals surface area contributed by atoms with Gasteiger partial charge in [-0.05, 0) is 44.4 Å². The lowest BCUT2D eigenvalue weighted by molar-refractivity contribution is -0.137. The van der Waals surface area contributed by atoms with Crippen molar-refractivity contribution in [2.75, 3.05) is 19.7 Å². The summed E-state index contributed by atoms with van der Waals surface area (Å²) in [5.41, 5.74) is 0. The van der Waals surface area contributed by atoms with Gasteiger partial charge in [-0.2, -0.15) is 0 Å². The van der Waals surface area contributed by atoms with Gasteiger partial charge < -0.3 is 9.84 Å². The summed E-state index contributed by atoms with van der Waals surface area (Å²) in [6, 6.07) is 0.569. The van der Waals surface area contributed by atoms with Crippen molar-refractivity contribution in [3.8, 4) is 0 Å². The largest absolute Gasteiger partial charge is 0.481 e. The molecule has 1 saturated carbocycles. The molecule has 1 aliphatic carbocycles. The summed E-state index contributed by atoms with van der Waals surface area (Å²) in [6.07, 6.45) is 7.85. The van der Waals surface area contributed by atoms with Gasteiger partial charge in [0.25, 0.3) is 0 Å². The van der Waals surface area contributed by atoms with Crippen LogP contribution >= 0.6 is 0 Å². The van der Waals surface area contributed by atoms with Crippen molar-refractivity contribution >= 4 is 5.97 Å². The van der Waals surface area contributed by atoms with E-state index in [1.165, 1.54) is 25.7 Å². The lowest BCUT2D eigenvalue weighted by Crippen LogP contribution is -2.43. The smallest absolute Gasteiger partial charge is 0.304 e. The first-order valence-electron chi connectivity index (χ1n) is 7.72. The van der Waals surface area contributed by atoms with Gasteiger partial charge in [0.15, 0.2) is 0 Å². The van der Waals surface area contributed by atoms with E-state index in [9.17, 15) is 4.79 Å². The van der Waals surface area contributed by atoms with E-state index in [0.717, 1.165) is 31.9 Å². The van der Waals surface area contributed by atoms with Crippen LogP contribution in [0.2, 0.25) is 0 Å². The zero-order chi connectivity index (χ0) is 13.7. The van der Waals surface area contributed by atoms with Crippen LogP contribution in [0.1, 0.15) is 51.9 Å². The van der Waals surface area contributed by atoms with Gasteiger partial charge in [-0.1, -0.05) is 6.92 Å². The Morgan fingerprint density at radius 1 is 1.26 bits per heavy atom. The molecule has 1 aliphatic heterocycles. The number of carboxylic acids is 1. The van der Waals surface area contributed by atoms with Crippen LogP contribution in [-0.2, 0) is 9.53 Å². The fourth-order valence-electron chi connectivity index (χ4n) is 3.32. The fourth-order valence-corrected chi connectivity index (χ4v) is 3.32. The Kier molecular flexibility index (Phi) is 5.64. The van der Waals surface area contributed by atoms with Crippen molar-refractivity contribution in [1.82, 2.24) is 4.90 Å². The summed E-state index contributed by atoms with van der Waals surface area (Å²) in [6.45, 7) is 4.79. The first-order valence-corrected chi connectivity index (χ1v) is 7.72. The SMILES string of the molecule is CC1CCC(N(CCC(=O)O)C[C@@H]2CCCO2)CC1. The zero-order valence-corrected chi connectivity index (χ0v) is 12.0. The number of aliphatic carboxylic acids is 1. The Hall–Kier alpha value is -0.610. The third-order valence-corrected chi connectivity index (χ3v) is 4.58. The van der Waals surface area contributed by atoms with Gasteiger partial charge in [0.05, 0.1) is 12.5 Å². The summed E-state index contributed by atoms with van der Waals surface area (Å²) in [4.78, 5) is 13.2. The number of carbonyl (C=O) groups is 1. The molecule has 0 spiro atoms. The van der Waals surface area contributed by atoms with Crippen LogP contribution in [0.4, 0.5) is 0 Å². The molecule has 1 heterocycles. The molecule has 2 aliphatic rings. The monoisotopic (exact) mass is 269 g/mol. The molecule has 0 amide bonds. The van der Waals surface area contributed by atoms with Gasteiger partial charge in [0, 0.05) is 25.7 Å². The summed E-state index contributed by atoms with van der Waals surface area (Å²) in [5, 5.41) is 8.91. The molecule has 1 N–H and O–H groups in total. The maximum Gasteiger partial charge on any atom is 0.304 e. The number of nitrogens with zero attached hydrogens (tertiary/aromatic N) is 1. The minimum Gasteiger partial charge on any atom is -0.481 e. The van der Waals surface area contributed by atoms with Gasteiger partial charge in [0.1, 0.15) is 0 Å². The van der Waals surface area contributed by atoms with Gasteiger partial charge in [-0.25, -0.2) is 0 Å². The molecule has 0 radical (unpaired) electrons. The lowest BCUT2D eigenvalue weighted by Gasteiger charge is -2.37. The molecule has 0 aromatic heterocycles. The van der Waals surface area contributed by atoms with E-state index in [0.29, 0.717) is 18.7 Å². The van der Waals surface area contributed by atoms with Crippen LogP contribution in [0.15, 0.2) is 0 Å². The summed E-state index contributed by atoms with van der Waals surface area (Å²) in [5.74, 6) is 0.141. The third kappa shape index (κ3) is 4.77. The van der Waals surface area contributed by atoms with E-state index in [2.05, 4.69) is 11.8 Å². The van der Waals surface area contributed by atoms with E-state index < -0.39 is 5.97 Å². The van der Waals surface area contributed by atoms with Crippen molar-refractivity contribution in [2.24, 2.45) is 5.92 Å². The summed E-state index contributed by atoms with van der Waals surface area (Å²) < 4.78 is 5.71. The minimum absolute atomic E-state index is 0.249. The highest BCUT2D eigenvalue weighted by Crippen LogP contribution is 2.28. The van der Waals surface area contributed by atoms with Crippen molar-refractivity contribution in [3.63, 3.8) is 0 Å². The number of carboxylic acid groups (broad SMARTS) is 1. The molecule has 2 fully saturated rings. The molecule has 0 aromatic carbocycles. The van der Waals surface area contributed by atoms with Crippen molar-refractivity contribution in [1.29, 1.82) is 0 Å². The number of hydrogen-bond acceptors (Lipinski definition) is 3. The highest BCUT2D eigenvalue weighted by Gasteiger charge is 2.27. The average Bonchev–Trinajstić information content (AvgIpc) is 2.88.